The first-order valence-electron chi connectivity index (χ1n) is 4.64. The summed E-state index contributed by atoms with van der Waals surface area (Å²) >= 11 is 0. The summed E-state index contributed by atoms with van der Waals surface area (Å²) in [7, 11) is 0. The number of nitrogens with zero attached hydrogens (tertiary/aromatic N) is 1. The predicted octanol–water partition coefficient (Wildman–Crippen LogP) is 0.936. The molecule has 1 aliphatic rings. The van der Waals surface area contributed by atoms with Gasteiger partial charge in [0, 0.05) is 13.1 Å². The quantitative estimate of drug-likeness (QED) is 0.614. The Hall–Kier alpha value is -0.830. The van der Waals surface area contributed by atoms with Crippen LogP contribution in [0.5, 0.6) is 0 Å². The Morgan fingerprint density at radius 2 is 2.08 bits per heavy atom. The minimum absolute atomic E-state index is 0.160. The number of carbonyl (C=O) groups is 1. The van der Waals surface area contributed by atoms with E-state index in [1.807, 2.05) is 6.92 Å². The maximum absolute atomic E-state index is 11.4. The predicted molar refractivity (Wildman–Crippen MR) is 51.3 cm³/mol. The van der Waals surface area contributed by atoms with Crippen molar-refractivity contribution in [2.45, 2.75) is 33.3 Å². The topological polar surface area (TPSA) is 40.5 Å². The maximum atomic E-state index is 11.4. The first-order chi connectivity index (χ1) is 6.02. The molecule has 0 aromatic carbocycles. The molecule has 0 saturated heterocycles. The highest BCUT2D eigenvalue weighted by atomic mass is 16.3. The lowest BCUT2D eigenvalue weighted by Crippen LogP contribution is -2.41. The second-order valence-electron chi connectivity index (χ2n) is 3.75. The van der Waals surface area contributed by atoms with E-state index in [-0.39, 0.29) is 5.91 Å². The van der Waals surface area contributed by atoms with Crippen LogP contribution in [0.4, 0.5) is 0 Å². The van der Waals surface area contributed by atoms with E-state index in [2.05, 4.69) is 6.92 Å². The molecule has 74 valence electrons. The third-order valence-electron chi connectivity index (χ3n) is 2.58. The molecule has 0 aliphatic carbocycles. The Morgan fingerprint density at radius 1 is 1.46 bits per heavy atom. The van der Waals surface area contributed by atoms with Crippen molar-refractivity contribution >= 4 is 5.91 Å². The van der Waals surface area contributed by atoms with E-state index in [1.165, 1.54) is 18.1 Å². The van der Waals surface area contributed by atoms with Crippen LogP contribution in [0.25, 0.3) is 0 Å². The molecule has 1 unspecified atom stereocenters. The third-order valence-corrected chi connectivity index (χ3v) is 2.58. The van der Waals surface area contributed by atoms with Gasteiger partial charge in [-0.25, -0.2) is 0 Å². The van der Waals surface area contributed by atoms with Gasteiger partial charge in [-0.05, 0) is 27.2 Å². The molecular formula is C10H17NO2. The molecule has 1 heterocycles. The van der Waals surface area contributed by atoms with Gasteiger partial charge in [0.15, 0.2) is 0 Å². The first-order valence-corrected chi connectivity index (χ1v) is 4.64. The van der Waals surface area contributed by atoms with Gasteiger partial charge in [-0.2, -0.15) is 0 Å². The van der Waals surface area contributed by atoms with E-state index in [1.54, 1.807) is 4.90 Å². The number of carbonyl (C=O) groups excluding carboxylic acids is 1. The van der Waals surface area contributed by atoms with E-state index < -0.39 is 6.10 Å². The molecule has 1 rings (SSSR count). The molecule has 0 spiro atoms. The van der Waals surface area contributed by atoms with Crippen molar-refractivity contribution in [3.05, 3.63) is 11.1 Å². The van der Waals surface area contributed by atoms with Crippen molar-refractivity contribution < 1.29 is 9.90 Å². The monoisotopic (exact) mass is 183 g/mol. The Bertz CT molecular complexity index is 243. The highest BCUT2D eigenvalue weighted by molar-refractivity contribution is 5.80. The van der Waals surface area contributed by atoms with E-state index >= 15 is 0 Å². The molecular weight excluding hydrogens is 166 g/mol. The molecule has 0 saturated carbocycles. The summed E-state index contributed by atoms with van der Waals surface area (Å²) in [5.74, 6) is -0.160. The minimum Gasteiger partial charge on any atom is -0.384 e. The summed E-state index contributed by atoms with van der Waals surface area (Å²) < 4.78 is 0. The fourth-order valence-electron chi connectivity index (χ4n) is 1.47. The van der Waals surface area contributed by atoms with Gasteiger partial charge >= 0.3 is 0 Å². The van der Waals surface area contributed by atoms with Crippen molar-refractivity contribution in [1.82, 2.24) is 4.90 Å². The second kappa shape index (κ2) is 3.92. The Kier molecular flexibility index (Phi) is 3.09. The van der Waals surface area contributed by atoms with Crippen LogP contribution in [0.3, 0.4) is 0 Å². The van der Waals surface area contributed by atoms with Crippen LogP contribution >= 0.6 is 0 Å². The SMILES string of the molecule is CC1=C(C)CN(C(=O)C(C)O)CC1. The average molecular weight is 183 g/mol. The molecule has 1 N–H and O–H groups in total. The summed E-state index contributed by atoms with van der Waals surface area (Å²) in [4.78, 5) is 13.1. The summed E-state index contributed by atoms with van der Waals surface area (Å²) in [5, 5.41) is 9.12. The van der Waals surface area contributed by atoms with Crippen molar-refractivity contribution in [1.29, 1.82) is 0 Å². The molecule has 0 radical (unpaired) electrons. The number of hydrogen-bond acceptors (Lipinski definition) is 2. The number of amides is 1. The van der Waals surface area contributed by atoms with E-state index in [0.29, 0.717) is 6.54 Å². The van der Waals surface area contributed by atoms with E-state index in [4.69, 9.17) is 5.11 Å². The van der Waals surface area contributed by atoms with Crippen LogP contribution < -0.4 is 0 Å². The van der Waals surface area contributed by atoms with Gasteiger partial charge in [-0.3, -0.25) is 4.79 Å². The first kappa shape index (κ1) is 10.3. The van der Waals surface area contributed by atoms with Gasteiger partial charge in [0.1, 0.15) is 6.10 Å². The molecule has 3 nitrogen and oxygen atoms in total. The molecule has 1 amide bonds. The minimum atomic E-state index is -0.869. The normalized spacial score (nSPS) is 20.5. The summed E-state index contributed by atoms with van der Waals surface area (Å²) in [6.45, 7) is 7.07. The summed E-state index contributed by atoms with van der Waals surface area (Å²) in [6, 6.07) is 0. The molecule has 13 heavy (non-hydrogen) atoms. The Morgan fingerprint density at radius 3 is 2.54 bits per heavy atom. The maximum Gasteiger partial charge on any atom is 0.251 e. The lowest BCUT2D eigenvalue weighted by molar-refractivity contribution is -0.139. The number of aliphatic hydroxyl groups excluding tert-OH is 1. The third kappa shape index (κ3) is 2.31. The van der Waals surface area contributed by atoms with Gasteiger partial charge in [0.2, 0.25) is 0 Å². The number of hydrogen-bond donors (Lipinski definition) is 1. The highest BCUT2D eigenvalue weighted by Gasteiger charge is 2.21. The van der Waals surface area contributed by atoms with Crippen molar-refractivity contribution in [2.75, 3.05) is 13.1 Å². The number of aliphatic hydroxyl groups is 1. The molecule has 0 bridgehead atoms. The van der Waals surface area contributed by atoms with Gasteiger partial charge in [-0.1, -0.05) is 11.1 Å². The zero-order valence-corrected chi connectivity index (χ0v) is 8.50. The van der Waals surface area contributed by atoms with Gasteiger partial charge in [0.25, 0.3) is 5.91 Å². The van der Waals surface area contributed by atoms with Crippen molar-refractivity contribution in [3.8, 4) is 0 Å². The van der Waals surface area contributed by atoms with Crippen LogP contribution in [0.15, 0.2) is 11.1 Å². The molecule has 0 fully saturated rings. The molecule has 0 aromatic heterocycles. The van der Waals surface area contributed by atoms with Gasteiger partial charge in [-0.15, -0.1) is 0 Å². The molecule has 0 aromatic rings. The van der Waals surface area contributed by atoms with Crippen LogP contribution in [-0.2, 0) is 4.79 Å². The Balaban J connectivity index is 2.63. The van der Waals surface area contributed by atoms with Crippen LogP contribution in [-0.4, -0.2) is 35.1 Å². The van der Waals surface area contributed by atoms with Crippen LogP contribution in [0, 0.1) is 0 Å². The van der Waals surface area contributed by atoms with Gasteiger partial charge in [0.05, 0.1) is 0 Å². The van der Waals surface area contributed by atoms with E-state index in [9.17, 15) is 4.79 Å². The molecule has 1 aliphatic heterocycles. The molecule has 3 heteroatoms. The zero-order valence-electron chi connectivity index (χ0n) is 8.50. The summed E-state index contributed by atoms with van der Waals surface area (Å²) in [6.07, 6.45) is 0.0656. The number of rotatable bonds is 1. The zero-order chi connectivity index (χ0) is 10.0. The Labute approximate surface area is 79.0 Å². The lowest BCUT2D eigenvalue weighted by atomic mass is 10.0. The smallest absolute Gasteiger partial charge is 0.251 e. The molecule has 1 atom stereocenters. The summed E-state index contributed by atoms with van der Waals surface area (Å²) in [5.41, 5.74) is 2.62. The standard InChI is InChI=1S/C10H17NO2/c1-7-4-5-11(6-8(7)2)10(13)9(3)12/h9,12H,4-6H2,1-3H3. The van der Waals surface area contributed by atoms with Crippen molar-refractivity contribution in [3.63, 3.8) is 0 Å². The van der Waals surface area contributed by atoms with E-state index in [0.717, 1.165) is 13.0 Å². The highest BCUT2D eigenvalue weighted by Crippen LogP contribution is 2.17. The largest absolute Gasteiger partial charge is 0.384 e. The van der Waals surface area contributed by atoms with Crippen LogP contribution in [0.1, 0.15) is 27.2 Å². The average Bonchev–Trinajstić information content (AvgIpc) is 2.08. The van der Waals surface area contributed by atoms with Gasteiger partial charge < -0.3 is 10.0 Å². The lowest BCUT2D eigenvalue weighted by Gasteiger charge is -2.29. The van der Waals surface area contributed by atoms with Crippen molar-refractivity contribution in [2.24, 2.45) is 0 Å². The second-order valence-corrected chi connectivity index (χ2v) is 3.75. The fourth-order valence-corrected chi connectivity index (χ4v) is 1.47. The fraction of sp³-hybridized carbons (Fsp3) is 0.700. The van der Waals surface area contributed by atoms with Crippen LogP contribution in [0.2, 0.25) is 0 Å².